The highest BCUT2D eigenvalue weighted by Crippen LogP contribution is 2.45. The average Bonchev–Trinajstić information content (AvgIpc) is 3.29. The van der Waals surface area contributed by atoms with E-state index in [9.17, 15) is 8.78 Å². The van der Waals surface area contributed by atoms with Crippen molar-refractivity contribution in [3.63, 3.8) is 0 Å². The maximum Gasteiger partial charge on any atom is 0.252 e. The Balaban J connectivity index is 1.42. The first-order valence-corrected chi connectivity index (χ1v) is 11.5. The molecule has 1 saturated carbocycles. The highest BCUT2D eigenvalue weighted by molar-refractivity contribution is 5.85. The van der Waals surface area contributed by atoms with E-state index in [1.54, 1.807) is 4.68 Å². The van der Waals surface area contributed by atoms with Crippen molar-refractivity contribution >= 4 is 16.5 Å². The lowest BCUT2D eigenvalue weighted by Gasteiger charge is -2.35. The zero-order chi connectivity index (χ0) is 23.7. The Morgan fingerprint density at radius 2 is 1.82 bits per heavy atom. The Kier molecular flexibility index (Phi) is 6.00. The van der Waals surface area contributed by atoms with E-state index in [1.165, 1.54) is 16.3 Å². The molecule has 1 aliphatic carbocycles. The van der Waals surface area contributed by atoms with Crippen molar-refractivity contribution < 1.29 is 8.78 Å². The Hall–Kier alpha value is -3.39. The Labute approximate surface area is 197 Å². The number of hydrogen-bond acceptors (Lipinski definition) is 5. The fourth-order valence-corrected chi connectivity index (χ4v) is 4.66. The van der Waals surface area contributed by atoms with E-state index in [0.717, 1.165) is 17.7 Å². The van der Waals surface area contributed by atoms with Crippen LogP contribution in [-0.4, -0.2) is 46.8 Å². The minimum atomic E-state index is -2.64. The quantitative estimate of drug-likeness (QED) is 0.408. The van der Waals surface area contributed by atoms with Gasteiger partial charge in [0.1, 0.15) is 0 Å². The Bertz CT molecular complexity index is 1270. The summed E-state index contributed by atoms with van der Waals surface area (Å²) < 4.78 is 28.8. The van der Waals surface area contributed by atoms with E-state index >= 15 is 0 Å². The summed E-state index contributed by atoms with van der Waals surface area (Å²) in [6.45, 7) is 0.679. The SMILES string of the molecule is CN(C)c1cccc(C(NCCc2cccc3ccccc23)c2nnnn2C2CC(F)(F)C2)c1. The van der Waals surface area contributed by atoms with Gasteiger partial charge < -0.3 is 10.2 Å². The van der Waals surface area contributed by atoms with E-state index in [2.05, 4.69) is 63.3 Å². The van der Waals surface area contributed by atoms with Gasteiger partial charge in [-0.25, -0.2) is 13.5 Å². The van der Waals surface area contributed by atoms with Crippen molar-refractivity contribution in [1.82, 2.24) is 25.5 Å². The van der Waals surface area contributed by atoms with Gasteiger partial charge in [0.25, 0.3) is 5.92 Å². The molecule has 34 heavy (non-hydrogen) atoms. The maximum atomic E-state index is 13.6. The van der Waals surface area contributed by atoms with Gasteiger partial charge in [-0.1, -0.05) is 54.6 Å². The third-order valence-corrected chi connectivity index (χ3v) is 6.53. The molecule has 5 rings (SSSR count). The van der Waals surface area contributed by atoms with E-state index in [1.807, 2.05) is 43.3 Å². The molecule has 4 aromatic rings. The predicted molar refractivity (Wildman–Crippen MR) is 129 cm³/mol. The average molecular weight is 463 g/mol. The summed E-state index contributed by atoms with van der Waals surface area (Å²) in [5, 5.41) is 18.3. The molecule has 1 atom stereocenters. The molecule has 0 aliphatic heterocycles. The zero-order valence-corrected chi connectivity index (χ0v) is 19.3. The molecular formula is C26H28F2N6. The van der Waals surface area contributed by atoms with Crippen LogP contribution in [0.1, 0.15) is 41.9 Å². The van der Waals surface area contributed by atoms with E-state index in [-0.39, 0.29) is 24.9 Å². The van der Waals surface area contributed by atoms with Crippen LogP contribution in [0, 0.1) is 0 Å². The van der Waals surface area contributed by atoms with E-state index < -0.39 is 5.92 Å². The number of fused-ring (bicyclic) bond motifs is 1. The molecule has 8 heteroatoms. The minimum Gasteiger partial charge on any atom is -0.378 e. The van der Waals surface area contributed by atoms with Crippen molar-refractivity contribution in [3.8, 4) is 0 Å². The number of anilines is 1. The fourth-order valence-electron chi connectivity index (χ4n) is 4.66. The lowest BCUT2D eigenvalue weighted by molar-refractivity contribution is -0.108. The Morgan fingerprint density at radius 1 is 1.06 bits per heavy atom. The molecule has 1 aromatic heterocycles. The fraction of sp³-hybridized carbons (Fsp3) is 0.346. The van der Waals surface area contributed by atoms with Crippen LogP contribution < -0.4 is 10.2 Å². The molecular weight excluding hydrogens is 434 g/mol. The summed E-state index contributed by atoms with van der Waals surface area (Å²) >= 11 is 0. The van der Waals surface area contributed by atoms with Crippen LogP contribution in [0.25, 0.3) is 10.8 Å². The molecule has 0 spiro atoms. The number of tetrazole rings is 1. The molecule has 3 aromatic carbocycles. The highest BCUT2D eigenvalue weighted by atomic mass is 19.3. The van der Waals surface area contributed by atoms with Gasteiger partial charge in [0.2, 0.25) is 0 Å². The highest BCUT2D eigenvalue weighted by Gasteiger charge is 2.48. The normalized spacial score (nSPS) is 16.4. The van der Waals surface area contributed by atoms with Crippen LogP contribution in [-0.2, 0) is 6.42 Å². The molecule has 1 unspecified atom stereocenters. The number of rotatable bonds is 8. The molecule has 0 saturated heterocycles. The van der Waals surface area contributed by atoms with Crippen molar-refractivity contribution in [1.29, 1.82) is 0 Å². The molecule has 6 nitrogen and oxygen atoms in total. The summed E-state index contributed by atoms with van der Waals surface area (Å²) in [4.78, 5) is 2.03. The van der Waals surface area contributed by atoms with Crippen molar-refractivity contribution in [2.45, 2.75) is 37.3 Å². The molecule has 0 bridgehead atoms. The van der Waals surface area contributed by atoms with Gasteiger partial charge in [0.15, 0.2) is 5.82 Å². The number of benzene rings is 3. The minimum absolute atomic E-state index is 0.231. The summed E-state index contributed by atoms with van der Waals surface area (Å²) in [7, 11) is 3.98. The van der Waals surface area contributed by atoms with Crippen LogP contribution in [0.2, 0.25) is 0 Å². The predicted octanol–water partition coefficient (Wildman–Crippen LogP) is 4.78. The van der Waals surface area contributed by atoms with Gasteiger partial charge in [-0.2, -0.15) is 0 Å². The van der Waals surface area contributed by atoms with Crippen LogP contribution in [0.15, 0.2) is 66.7 Å². The standard InChI is InChI=1S/C26H28F2N6/c1-33(2)21-11-6-10-20(15-21)24(25-30-31-32-34(25)22-16-26(27,28)17-22)29-14-13-19-9-5-8-18-7-3-4-12-23(18)19/h3-12,15,22,24,29H,13-14,16-17H2,1-2H3. The number of nitrogens with one attached hydrogen (secondary N) is 1. The smallest absolute Gasteiger partial charge is 0.252 e. The third-order valence-electron chi connectivity index (χ3n) is 6.53. The number of hydrogen-bond donors (Lipinski definition) is 1. The second-order valence-electron chi connectivity index (χ2n) is 9.16. The summed E-state index contributed by atoms with van der Waals surface area (Å²) in [6.07, 6.45) is 0.352. The third kappa shape index (κ3) is 4.50. The second kappa shape index (κ2) is 9.10. The molecule has 0 radical (unpaired) electrons. The second-order valence-corrected chi connectivity index (χ2v) is 9.16. The van der Waals surface area contributed by atoms with Gasteiger partial charge in [-0.05, 0) is 50.9 Å². The first kappa shape index (κ1) is 22.4. The molecule has 1 aliphatic rings. The Morgan fingerprint density at radius 3 is 2.62 bits per heavy atom. The van der Waals surface area contributed by atoms with Gasteiger partial charge in [0, 0.05) is 39.2 Å². The lowest BCUT2D eigenvalue weighted by atomic mass is 9.88. The zero-order valence-electron chi connectivity index (χ0n) is 19.3. The summed E-state index contributed by atoms with van der Waals surface area (Å²) in [5.41, 5.74) is 3.29. The number of aromatic nitrogens is 4. The number of alkyl halides is 2. The van der Waals surface area contributed by atoms with Crippen molar-refractivity contribution in [3.05, 3.63) is 83.7 Å². The van der Waals surface area contributed by atoms with Crippen LogP contribution in [0.5, 0.6) is 0 Å². The molecule has 0 amide bonds. The molecule has 176 valence electrons. The van der Waals surface area contributed by atoms with Gasteiger partial charge in [0.05, 0.1) is 12.1 Å². The van der Waals surface area contributed by atoms with Crippen molar-refractivity contribution in [2.75, 3.05) is 25.5 Å². The molecule has 1 heterocycles. The van der Waals surface area contributed by atoms with Gasteiger partial charge in [-0.15, -0.1) is 5.10 Å². The first-order chi connectivity index (χ1) is 16.4. The van der Waals surface area contributed by atoms with E-state index in [0.29, 0.717) is 12.4 Å². The monoisotopic (exact) mass is 462 g/mol. The van der Waals surface area contributed by atoms with Crippen LogP contribution in [0.3, 0.4) is 0 Å². The van der Waals surface area contributed by atoms with Crippen LogP contribution in [0.4, 0.5) is 14.5 Å². The van der Waals surface area contributed by atoms with Gasteiger partial charge in [-0.3, -0.25) is 0 Å². The number of nitrogens with zero attached hydrogens (tertiary/aromatic N) is 5. The van der Waals surface area contributed by atoms with Crippen molar-refractivity contribution in [2.24, 2.45) is 0 Å². The summed E-state index contributed by atoms with van der Waals surface area (Å²) in [6, 6.07) is 22.1. The molecule has 1 N–H and O–H groups in total. The first-order valence-electron chi connectivity index (χ1n) is 11.5. The van der Waals surface area contributed by atoms with E-state index in [4.69, 9.17) is 0 Å². The summed E-state index contributed by atoms with van der Waals surface area (Å²) in [5.74, 6) is -2.08. The van der Waals surface area contributed by atoms with Gasteiger partial charge >= 0.3 is 0 Å². The maximum absolute atomic E-state index is 13.6. The largest absolute Gasteiger partial charge is 0.378 e. The van der Waals surface area contributed by atoms with Crippen LogP contribution >= 0.6 is 0 Å². The lowest BCUT2D eigenvalue weighted by Crippen LogP contribution is -2.39. The number of halogens is 2. The topological polar surface area (TPSA) is 58.9 Å². The molecule has 1 fully saturated rings.